The molecule has 1 unspecified atom stereocenters. The van der Waals surface area contributed by atoms with E-state index in [9.17, 15) is 0 Å². The zero-order valence-corrected chi connectivity index (χ0v) is 11.9. The molecule has 0 fully saturated rings. The molecule has 0 aromatic carbocycles. The summed E-state index contributed by atoms with van der Waals surface area (Å²) in [5.74, 6) is 1.20. The third-order valence-electron chi connectivity index (χ3n) is 2.61. The van der Waals surface area contributed by atoms with E-state index in [1.54, 1.807) is 0 Å². The van der Waals surface area contributed by atoms with E-state index in [2.05, 4.69) is 43.7 Å². The average molecular weight is 234 g/mol. The molecule has 0 spiro atoms. The molecule has 0 rings (SSSR count). The minimum atomic E-state index is 0.510. The number of nitrogens with zero attached hydrogens (tertiary/aromatic N) is 2. The van der Waals surface area contributed by atoms with E-state index in [1.807, 2.05) is 19.3 Å². The molecule has 0 saturated carbocycles. The number of allylic oxidation sites excluding steroid dienone is 1. The van der Waals surface area contributed by atoms with Crippen molar-refractivity contribution < 1.29 is 0 Å². The molecule has 0 aliphatic rings. The summed E-state index contributed by atoms with van der Waals surface area (Å²) in [4.78, 5) is 6.59. The Morgan fingerprint density at radius 1 is 1.41 bits per heavy atom. The molecule has 0 heterocycles. The topological polar surface area (TPSA) is 15.6 Å². The van der Waals surface area contributed by atoms with Gasteiger partial charge in [-0.2, -0.15) is 0 Å². The largest absolute Gasteiger partial charge is 0.344 e. The van der Waals surface area contributed by atoms with Crippen molar-refractivity contribution in [3.63, 3.8) is 0 Å². The van der Waals surface area contributed by atoms with Crippen LogP contribution in [0.5, 0.6) is 0 Å². The van der Waals surface area contributed by atoms with Crippen molar-refractivity contribution in [1.29, 1.82) is 0 Å². The minimum Gasteiger partial charge on any atom is -0.344 e. The number of hydrogen-bond donors (Lipinski definition) is 0. The van der Waals surface area contributed by atoms with E-state index in [4.69, 9.17) is 0 Å². The quantitative estimate of drug-likeness (QED) is 0.340. The zero-order valence-electron chi connectivity index (χ0n) is 11.9. The van der Waals surface area contributed by atoms with Crippen LogP contribution in [0.4, 0.5) is 0 Å². The normalized spacial score (nSPS) is 13.3. The van der Waals surface area contributed by atoms with Gasteiger partial charge in [-0.05, 0) is 19.5 Å². The SMILES string of the molecule is C=CC(=C)CCN(BC(C)C)CC(C)/C=N\C. The Hall–Kier alpha value is -0.825. The fourth-order valence-corrected chi connectivity index (χ4v) is 1.89. The van der Waals surface area contributed by atoms with E-state index in [0.717, 1.165) is 32.5 Å². The van der Waals surface area contributed by atoms with Gasteiger partial charge in [-0.15, -0.1) is 0 Å². The molecule has 0 aliphatic carbocycles. The van der Waals surface area contributed by atoms with Crippen LogP contribution >= 0.6 is 0 Å². The van der Waals surface area contributed by atoms with Crippen molar-refractivity contribution in [2.45, 2.75) is 33.0 Å². The highest BCUT2D eigenvalue weighted by Crippen LogP contribution is 2.08. The van der Waals surface area contributed by atoms with Crippen molar-refractivity contribution in [2.24, 2.45) is 10.9 Å². The molecular formula is C14H27BN2. The highest BCUT2D eigenvalue weighted by molar-refractivity contribution is 6.33. The maximum atomic E-state index is 4.09. The van der Waals surface area contributed by atoms with E-state index in [1.165, 1.54) is 0 Å². The van der Waals surface area contributed by atoms with Gasteiger partial charge in [0.15, 0.2) is 0 Å². The molecule has 2 nitrogen and oxygen atoms in total. The Morgan fingerprint density at radius 2 is 2.06 bits per heavy atom. The summed E-state index contributed by atoms with van der Waals surface area (Å²) in [5.41, 5.74) is 1.12. The average Bonchev–Trinajstić information content (AvgIpc) is 2.24. The van der Waals surface area contributed by atoms with Crippen LogP contribution < -0.4 is 0 Å². The maximum absolute atomic E-state index is 4.09. The smallest absolute Gasteiger partial charge is 0.206 e. The van der Waals surface area contributed by atoms with Gasteiger partial charge in [0.1, 0.15) is 0 Å². The number of hydrogen-bond acceptors (Lipinski definition) is 2. The Kier molecular flexibility index (Phi) is 8.78. The summed E-state index contributed by atoms with van der Waals surface area (Å²) in [6.07, 6.45) is 4.88. The fourth-order valence-electron chi connectivity index (χ4n) is 1.89. The second-order valence-electron chi connectivity index (χ2n) is 5.15. The molecule has 0 saturated heterocycles. The lowest BCUT2D eigenvalue weighted by molar-refractivity contribution is 0.415. The Morgan fingerprint density at radius 3 is 2.53 bits per heavy atom. The van der Waals surface area contributed by atoms with Crippen molar-refractivity contribution >= 4 is 13.6 Å². The van der Waals surface area contributed by atoms with Crippen molar-refractivity contribution in [2.75, 3.05) is 20.1 Å². The molecule has 3 heteroatoms. The van der Waals surface area contributed by atoms with Gasteiger partial charge in [0.2, 0.25) is 7.41 Å². The van der Waals surface area contributed by atoms with Crippen LogP contribution in [0.15, 0.2) is 29.8 Å². The molecule has 0 aliphatic heterocycles. The van der Waals surface area contributed by atoms with Crippen LogP contribution in [-0.4, -0.2) is 38.6 Å². The van der Waals surface area contributed by atoms with Crippen LogP contribution in [-0.2, 0) is 0 Å². The summed E-state index contributed by atoms with van der Waals surface area (Å²) < 4.78 is 0. The minimum absolute atomic E-state index is 0.510. The standard InChI is InChI=1S/C14H27BN2/c1-7-13(4)8-9-17(15-12(2)3)11-14(5)10-16-6/h7,10,12,14-15H,1,4,8-9,11H2,2-3,5-6H3/b16-10-. The second kappa shape index (κ2) is 9.23. The first-order valence-corrected chi connectivity index (χ1v) is 6.44. The zero-order chi connectivity index (χ0) is 13.3. The van der Waals surface area contributed by atoms with E-state index >= 15 is 0 Å². The third kappa shape index (κ3) is 8.93. The molecule has 0 aromatic rings. The molecule has 0 radical (unpaired) electrons. The lowest BCUT2D eigenvalue weighted by atomic mass is 9.75. The van der Waals surface area contributed by atoms with Crippen molar-refractivity contribution in [3.05, 3.63) is 24.8 Å². The van der Waals surface area contributed by atoms with E-state index < -0.39 is 0 Å². The second-order valence-corrected chi connectivity index (χ2v) is 5.15. The van der Waals surface area contributed by atoms with Crippen molar-refractivity contribution in [1.82, 2.24) is 4.81 Å². The predicted octanol–water partition coefficient (Wildman–Crippen LogP) is 2.94. The molecular weight excluding hydrogens is 207 g/mol. The van der Waals surface area contributed by atoms with Crippen LogP contribution in [0.1, 0.15) is 27.2 Å². The summed E-state index contributed by atoms with van der Waals surface area (Å²) in [6.45, 7) is 16.6. The first-order chi connectivity index (χ1) is 7.99. The van der Waals surface area contributed by atoms with E-state index in [-0.39, 0.29) is 0 Å². The predicted molar refractivity (Wildman–Crippen MR) is 81.4 cm³/mol. The number of rotatable bonds is 9. The maximum Gasteiger partial charge on any atom is 0.206 e. The van der Waals surface area contributed by atoms with Gasteiger partial charge in [-0.25, -0.2) is 0 Å². The molecule has 1 atom stereocenters. The van der Waals surface area contributed by atoms with Crippen LogP contribution in [0, 0.1) is 5.92 Å². The van der Waals surface area contributed by atoms with Gasteiger partial charge >= 0.3 is 0 Å². The Balaban J connectivity index is 4.22. The molecule has 0 aromatic heterocycles. The highest BCUT2D eigenvalue weighted by Gasteiger charge is 2.12. The van der Waals surface area contributed by atoms with Gasteiger partial charge < -0.3 is 9.80 Å². The van der Waals surface area contributed by atoms with Gasteiger partial charge in [0, 0.05) is 19.2 Å². The summed E-state index contributed by atoms with van der Waals surface area (Å²) in [5, 5.41) is 0. The van der Waals surface area contributed by atoms with Gasteiger partial charge in [0.05, 0.1) is 0 Å². The molecule has 17 heavy (non-hydrogen) atoms. The molecule has 0 N–H and O–H groups in total. The fraction of sp³-hybridized carbons (Fsp3) is 0.643. The van der Waals surface area contributed by atoms with Crippen molar-refractivity contribution in [3.8, 4) is 0 Å². The molecule has 0 amide bonds. The van der Waals surface area contributed by atoms with Gasteiger partial charge in [-0.3, -0.25) is 0 Å². The number of aliphatic imine (C=N–C) groups is 1. The summed E-state index contributed by atoms with van der Waals surface area (Å²) >= 11 is 0. The molecule has 0 bridgehead atoms. The van der Waals surface area contributed by atoms with Crippen LogP contribution in [0.3, 0.4) is 0 Å². The Bertz CT molecular complexity index is 259. The van der Waals surface area contributed by atoms with Crippen LogP contribution in [0.25, 0.3) is 0 Å². The van der Waals surface area contributed by atoms with Gasteiger partial charge in [0.25, 0.3) is 0 Å². The van der Waals surface area contributed by atoms with E-state index in [0.29, 0.717) is 11.7 Å². The van der Waals surface area contributed by atoms with Gasteiger partial charge in [-0.1, -0.05) is 51.4 Å². The lowest BCUT2D eigenvalue weighted by Crippen LogP contribution is -2.35. The van der Waals surface area contributed by atoms with Crippen LogP contribution in [0.2, 0.25) is 5.82 Å². The summed E-state index contributed by atoms with van der Waals surface area (Å²) in [6, 6.07) is 0. The lowest BCUT2D eigenvalue weighted by Gasteiger charge is -2.25. The summed E-state index contributed by atoms with van der Waals surface area (Å²) in [7, 11) is 2.97. The Labute approximate surface area is 108 Å². The third-order valence-corrected chi connectivity index (χ3v) is 2.61. The molecule has 96 valence electrons. The first kappa shape index (κ1) is 16.2. The highest BCUT2D eigenvalue weighted by atomic mass is 15.0. The monoisotopic (exact) mass is 234 g/mol. The first-order valence-electron chi connectivity index (χ1n) is 6.44.